The molecule has 2 unspecified atom stereocenters. The van der Waals surface area contributed by atoms with E-state index in [4.69, 9.17) is 19.0 Å². The van der Waals surface area contributed by atoms with E-state index in [0.717, 1.165) is 16.5 Å². The molecule has 3 aromatic rings. The Labute approximate surface area is 203 Å². The number of carbonyl (C=O) groups excluding carboxylic acids is 1. The summed E-state index contributed by atoms with van der Waals surface area (Å²) in [6.07, 6.45) is -0.488. The van der Waals surface area contributed by atoms with Crippen LogP contribution in [0.3, 0.4) is 0 Å². The second kappa shape index (κ2) is 10.5. The average Bonchev–Trinajstić information content (AvgIpc) is 2.81. The van der Waals surface area contributed by atoms with Gasteiger partial charge in [-0.05, 0) is 57.0 Å². The van der Waals surface area contributed by atoms with E-state index in [1.807, 2.05) is 24.3 Å². The fourth-order valence-corrected chi connectivity index (χ4v) is 4.10. The number of halogens is 1. The lowest BCUT2D eigenvalue weighted by Crippen LogP contribution is -2.45. The summed E-state index contributed by atoms with van der Waals surface area (Å²) in [5.74, 6) is 0.622. The van der Waals surface area contributed by atoms with Gasteiger partial charge < -0.3 is 19.0 Å². The Morgan fingerprint density at radius 2 is 1.86 bits per heavy atom. The third-order valence-electron chi connectivity index (χ3n) is 5.65. The molecule has 0 amide bonds. The molecule has 0 saturated carbocycles. The summed E-state index contributed by atoms with van der Waals surface area (Å²) in [7, 11) is 1.57. The SMILES string of the molecule is COc1nc(COC2CN(OC(=O)OC(C)(C)C)CCC2c2ccc(F)cc2)nc2ccccc12. The number of hydrogen-bond acceptors (Lipinski definition) is 8. The minimum atomic E-state index is -0.765. The van der Waals surface area contributed by atoms with Gasteiger partial charge in [-0.1, -0.05) is 24.3 Å². The summed E-state index contributed by atoms with van der Waals surface area (Å²) in [6.45, 7) is 6.26. The summed E-state index contributed by atoms with van der Waals surface area (Å²) in [6, 6.07) is 14.0. The highest BCUT2D eigenvalue weighted by Crippen LogP contribution is 2.32. The van der Waals surface area contributed by atoms with Crippen LogP contribution >= 0.6 is 0 Å². The maximum absolute atomic E-state index is 13.5. The van der Waals surface area contributed by atoms with Crippen LogP contribution in [0.5, 0.6) is 5.88 Å². The number of piperidine rings is 1. The molecule has 0 spiro atoms. The van der Waals surface area contributed by atoms with Crippen molar-refractivity contribution in [1.82, 2.24) is 15.0 Å². The number of benzene rings is 2. The maximum Gasteiger partial charge on any atom is 0.528 e. The first kappa shape index (κ1) is 24.8. The fourth-order valence-electron chi connectivity index (χ4n) is 4.10. The van der Waals surface area contributed by atoms with Gasteiger partial charge in [0, 0.05) is 12.5 Å². The predicted octanol–water partition coefficient (Wildman–Crippen LogP) is 5.02. The lowest BCUT2D eigenvalue weighted by Gasteiger charge is -2.37. The highest BCUT2D eigenvalue weighted by atomic mass is 19.1. The van der Waals surface area contributed by atoms with Crippen molar-refractivity contribution in [3.05, 3.63) is 65.7 Å². The van der Waals surface area contributed by atoms with Crippen LogP contribution in [-0.2, 0) is 20.9 Å². The zero-order valence-corrected chi connectivity index (χ0v) is 20.4. The van der Waals surface area contributed by atoms with Crippen LogP contribution in [0.2, 0.25) is 0 Å². The Kier molecular flexibility index (Phi) is 7.47. The van der Waals surface area contributed by atoms with E-state index in [1.165, 1.54) is 12.1 Å². The zero-order valence-electron chi connectivity index (χ0n) is 20.4. The lowest BCUT2D eigenvalue weighted by atomic mass is 9.87. The molecule has 8 nitrogen and oxygen atoms in total. The molecule has 2 atom stereocenters. The van der Waals surface area contributed by atoms with Crippen LogP contribution in [0.1, 0.15) is 44.5 Å². The van der Waals surface area contributed by atoms with E-state index < -0.39 is 11.8 Å². The first-order chi connectivity index (χ1) is 16.7. The van der Waals surface area contributed by atoms with E-state index >= 15 is 0 Å². The van der Waals surface area contributed by atoms with E-state index in [0.29, 0.717) is 31.2 Å². The summed E-state index contributed by atoms with van der Waals surface area (Å²) in [5.41, 5.74) is 1.04. The van der Waals surface area contributed by atoms with Gasteiger partial charge in [0.25, 0.3) is 0 Å². The molecule has 0 radical (unpaired) electrons. The molecule has 1 saturated heterocycles. The summed E-state index contributed by atoms with van der Waals surface area (Å²) in [5, 5.41) is 2.36. The monoisotopic (exact) mass is 483 g/mol. The smallest absolute Gasteiger partial charge is 0.480 e. The van der Waals surface area contributed by atoms with E-state index in [1.54, 1.807) is 45.1 Å². The van der Waals surface area contributed by atoms with Crippen LogP contribution < -0.4 is 4.74 Å². The Bertz CT molecular complexity index is 1170. The first-order valence-corrected chi connectivity index (χ1v) is 11.5. The number of rotatable bonds is 6. The highest BCUT2D eigenvalue weighted by molar-refractivity contribution is 5.83. The van der Waals surface area contributed by atoms with Gasteiger partial charge in [-0.15, -0.1) is 5.06 Å². The van der Waals surface area contributed by atoms with E-state index in [9.17, 15) is 9.18 Å². The van der Waals surface area contributed by atoms with Gasteiger partial charge in [0.1, 0.15) is 18.0 Å². The normalized spacial score (nSPS) is 18.9. The molecule has 186 valence electrons. The average molecular weight is 484 g/mol. The lowest BCUT2D eigenvalue weighted by molar-refractivity contribution is -0.179. The quantitative estimate of drug-likeness (QED) is 0.452. The van der Waals surface area contributed by atoms with Gasteiger partial charge in [0.15, 0.2) is 5.82 Å². The first-order valence-electron chi connectivity index (χ1n) is 11.5. The van der Waals surface area contributed by atoms with Gasteiger partial charge in [-0.2, -0.15) is 4.98 Å². The van der Waals surface area contributed by atoms with Crippen LogP contribution in [-0.4, -0.2) is 53.1 Å². The van der Waals surface area contributed by atoms with Crippen molar-refractivity contribution >= 4 is 17.1 Å². The molecule has 1 fully saturated rings. The van der Waals surface area contributed by atoms with Crippen LogP contribution in [0, 0.1) is 5.82 Å². The molecule has 0 bridgehead atoms. The third-order valence-corrected chi connectivity index (χ3v) is 5.65. The van der Waals surface area contributed by atoms with Crippen LogP contribution in [0.25, 0.3) is 10.9 Å². The molecule has 2 aromatic carbocycles. The number of fused-ring (bicyclic) bond motifs is 1. The second-order valence-electron chi connectivity index (χ2n) is 9.41. The Balaban J connectivity index is 1.52. The zero-order chi connectivity index (χ0) is 25.0. The molecule has 1 aromatic heterocycles. The topological polar surface area (TPSA) is 83.0 Å². The molecule has 0 aliphatic carbocycles. The van der Waals surface area contributed by atoms with Crippen LogP contribution in [0.15, 0.2) is 48.5 Å². The van der Waals surface area contributed by atoms with Crippen molar-refractivity contribution < 1.29 is 28.2 Å². The number of hydrogen-bond donors (Lipinski definition) is 0. The van der Waals surface area contributed by atoms with Crippen molar-refractivity contribution in [2.75, 3.05) is 20.2 Å². The van der Waals surface area contributed by atoms with Crippen LogP contribution in [0.4, 0.5) is 9.18 Å². The third kappa shape index (κ3) is 6.43. The van der Waals surface area contributed by atoms with Crippen molar-refractivity contribution in [3.63, 3.8) is 0 Å². The largest absolute Gasteiger partial charge is 0.528 e. The van der Waals surface area contributed by atoms with Crippen molar-refractivity contribution in [3.8, 4) is 5.88 Å². The maximum atomic E-state index is 13.5. The minimum absolute atomic E-state index is 0.0311. The summed E-state index contributed by atoms with van der Waals surface area (Å²) < 4.78 is 30.5. The molecular formula is C26H30FN3O5. The molecule has 1 aliphatic heterocycles. The molecule has 0 N–H and O–H groups in total. The van der Waals surface area contributed by atoms with Gasteiger partial charge >= 0.3 is 6.16 Å². The molecule has 4 rings (SSSR count). The van der Waals surface area contributed by atoms with Gasteiger partial charge in [-0.25, -0.2) is 14.2 Å². The fraction of sp³-hybridized carbons (Fsp3) is 0.423. The number of nitrogens with zero attached hydrogens (tertiary/aromatic N) is 3. The molecular weight excluding hydrogens is 453 g/mol. The number of carbonyl (C=O) groups is 1. The van der Waals surface area contributed by atoms with E-state index in [-0.39, 0.29) is 24.4 Å². The number of para-hydroxylation sites is 1. The number of hydroxylamine groups is 2. The van der Waals surface area contributed by atoms with Crippen molar-refractivity contribution in [1.29, 1.82) is 0 Å². The Morgan fingerprint density at radius 1 is 1.11 bits per heavy atom. The van der Waals surface area contributed by atoms with Gasteiger partial charge in [-0.3, -0.25) is 0 Å². The van der Waals surface area contributed by atoms with Crippen molar-refractivity contribution in [2.24, 2.45) is 0 Å². The minimum Gasteiger partial charge on any atom is -0.480 e. The Morgan fingerprint density at radius 3 is 2.57 bits per heavy atom. The standard InChI is InChI=1S/C26H30FN3O5/c1-26(2,3)34-25(31)35-30-14-13-19(17-9-11-18(27)12-10-17)22(15-30)33-16-23-28-21-8-6-5-7-20(21)24(29-23)32-4/h5-12,19,22H,13-16H2,1-4H3. The molecule has 1 aliphatic rings. The number of methoxy groups -OCH3 is 1. The van der Waals surface area contributed by atoms with Gasteiger partial charge in [0.2, 0.25) is 5.88 Å². The number of ether oxygens (including phenoxy) is 3. The molecule has 9 heteroatoms. The van der Waals surface area contributed by atoms with Crippen molar-refractivity contribution in [2.45, 2.75) is 51.4 Å². The molecule has 35 heavy (non-hydrogen) atoms. The summed E-state index contributed by atoms with van der Waals surface area (Å²) >= 11 is 0. The number of aromatic nitrogens is 2. The predicted molar refractivity (Wildman–Crippen MR) is 127 cm³/mol. The highest BCUT2D eigenvalue weighted by Gasteiger charge is 2.34. The van der Waals surface area contributed by atoms with E-state index in [2.05, 4.69) is 9.97 Å². The molecule has 2 heterocycles. The van der Waals surface area contributed by atoms with Gasteiger partial charge in [0.05, 0.1) is 30.7 Å². The second-order valence-corrected chi connectivity index (χ2v) is 9.41. The Hall–Kier alpha value is -3.30. The summed E-state index contributed by atoms with van der Waals surface area (Å²) in [4.78, 5) is 26.7.